The number of aliphatic hydroxyl groups excluding tert-OH is 1. The number of carbonyl (C=O) groups is 2. The molecule has 0 rings (SSSR count). The summed E-state index contributed by atoms with van der Waals surface area (Å²) in [5, 5.41) is 9.67. The Morgan fingerprint density at radius 1 is 0.319 bits per heavy atom. The first-order valence-corrected chi connectivity index (χ1v) is 29.7. The van der Waals surface area contributed by atoms with Crippen molar-refractivity contribution in [2.75, 3.05) is 13.2 Å². The minimum atomic E-state index is -0.785. The van der Waals surface area contributed by atoms with Gasteiger partial charge in [0, 0.05) is 12.8 Å². The van der Waals surface area contributed by atoms with E-state index in [-0.39, 0.29) is 25.2 Å². The topological polar surface area (TPSA) is 72.8 Å². The van der Waals surface area contributed by atoms with Crippen molar-refractivity contribution in [2.24, 2.45) is 0 Å². The Balaban J connectivity index is 3.54. The third kappa shape index (κ3) is 58.6. The van der Waals surface area contributed by atoms with E-state index in [9.17, 15) is 14.7 Å². The van der Waals surface area contributed by atoms with Gasteiger partial charge < -0.3 is 14.6 Å². The van der Waals surface area contributed by atoms with Crippen LogP contribution in [-0.2, 0) is 19.1 Å². The zero-order valence-electron chi connectivity index (χ0n) is 46.6. The number of rotatable bonds is 53. The maximum absolute atomic E-state index is 12.3. The lowest BCUT2D eigenvalue weighted by atomic mass is 10.0. The molecule has 0 heterocycles. The quantitative estimate of drug-likeness (QED) is 0.0373. The van der Waals surface area contributed by atoms with Gasteiger partial charge in [-0.15, -0.1) is 0 Å². The van der Waals surface area contributed by atoms with Gasteiger partial charge in [0.05, 0.1) is 6.61 Å². The van der Waals surface area contributed by atoms with Crippen LogP contribution in [-0.4, -0.2) is 36.4 Å². The molecule has 72 heavy (non-hydrogen) atoms. The van der Waals surface area contributed by atoms with Crippen LogP contribution >= 0.6 is 0 Å². The smallest absolute Gasteiger partial charge is 0.306 e. The van der Waals surface area contributed by atoms with E-state index in [0.717, 1.165) is 109 Å². The van der Waals surface area contributed by atoms with Gasteiger partial charge in [-0.3, -0.25) is 9.59 Å². The van der Waals surface area contributed by atoms with Crippen LogP contribution in [0.4, 0.5) is 0 Å². The zero-order valence-corrected chi connectivity index (χ0v) is 46.6. The molecular weight excluding hydrogens is 885 g/mol. The molecule has 408 valence electrons. The summed E-state index contributed by atoms with van der Waals surface area (Å²) in [4.78, 5) is 24.6. The van der Waals surface area contributed by atoms with Gasteiger partial charge in [0.1, 0.15) is 6.61 Å². The van der Waals surface area contributed by atoms with Crippen molar-refractivity contribution in [1.29, 1.82) is 0 Å². The van der Waals surface area contributed by atoms with E-state index in [1.165, 1.54) is 122 Å². The Morgan fingerprint density at radius 3 is 0.833 bits per heavy atom. The van der Waals surface area contributed by atoms with Crippen LogP contribution in [0.25, 0.3) is 0 Å². The Morgan fingerprint density at radius 2 is 0.556 bits per heavy atom. The first-order valence-electron chi connectivity index (χ1n) is 29.7. The summed E-state index contributed by atoms with van der Waals surface area (Å²) in [6.45, 7) is 3.92. The second-order valence-electron chi connectivity index (χ2n) is 19.3. The first-order chi connectivity index (χ1) is 35.6. The highest BCUT2D eigenvalue weighted by Crippen LogP contribution is 2.16. The molecule has 0 aliphatic rings. The predicted octanol–water partition coefficient (Wildman–Crippen LogP) is 20.4. The molecule has 0 bridgehead atoms. The van der Waals surface area contributed by atoms with E-state index < -0.39 is 6.10 Å². The lowest BCUT2D eigenvalue weighted by molar-refractivity contribution is -0.161. The van der Waals surface area contributed by atoms with E-state index in [1.807, 2.05) is 0 Å². The molecule has 0 aromatic carbocycles. The molecular formula is C67H110O5. The van der Waals surface area contributed by atoms with E-state index in [0.29, 0.717) is 12.8 Å². The average Bonchev–Trinajstić information content (AvgIpc) is 3.38. The molecule has 0 fully saturated rings. The fourth-order valence-corrected chi connectivity index (χ4v) is 8.06. The number of hydrogen-bond donors (Lipinski definition) is 1. The fourth-order valence-electron chi connectivity index (χ4n) is 8.06. The van der Waals surface area contributed by atoms with Crippen molar-refractivity contribution >= 4 is 11.9 Å². The molecule has 1 unspecified atom stereocenters. The Bertz CT molecular complexity index is 1500. The van der Waals surface area contributed by atoms with Gasteiger partial charge in [-0.1, -0.05) is 270 Å². The third-order valence-electron chi connectivity index (χ3n) is 12.4. The summed E-state index contributed by atoms with van der Waals surface area (Å²) in [6, 6.07) is 0. The van der Waals surface area contributed by atoms with E-state index in [2.05, 4.69) is 148 Å². The third-order valence-corrected chi connectivity index (χ3v) is 12.4. The lowest BCUT2D eigenvalue weighted by Gasteiger charge is -2.15. The van der Waals surface area contributed by atoms with Crippen LogP contribution in [0, 0.1) is 0 Å². The Labute approximate surface area is 445 Å². The molecule has 0 aromatic rings. The number of unbranched alkanes of at least 4 members (excludes halogenated alkanes) is 23. The molecule has 0 saturated heterocycles. The normalized spacial score (nSPS) is 13.2. The van der Waals surface area contributed by atoms with Gasteiger partial charge >= 0.3 is 11.9 Å². The van der Waals surface area contributed by atoms with Crippen LogP contribution < -0.4 is 0 Å². The lowest BCUT2D eigenvalue weighted by Crippen LogP contribution is -2.28. The van der Waals surface area contributed by atoms with Crippen LogP contribution in [0.1, 0.15) is 258 Å². The number of esters is 2. The van der Waals surface area contributed by atoms with Gasteiger partial charge in [0.25, 0.3) is 0 Å². The zero-order chi connectivity index (χ0) is 52.0. The molecule has 5 nitrogen and oxygen atoms in total. The summed E-state index contributed by atoms with van der Waals surface area (Å²) in [5.41, 5.74) is 0. The largest absolute Gasteiger partial charge is 0.462 e. The molecule has 0 aliphatic carbocycles. The molecule has 0 radical (unpaired) electrons. The highest BCUT2D eigenvalue weighted by Gasteiger charge is 2.16. The van der Waals surface area contributed by atoms with Crippen molar-refractivity contribution in [3.63, 3.8) is 0 Å². The second kappa shape index (κ2) is 61.3. The van der Waals surface area contributed by atoms with Crippen molar-refractivity contribution in [3.05, 3.63) is 134 Å². The summed E-state index contributed by atoms with van der Waals surface area (Å²) >= 11 is 0. The molecule has 0 spiro atoms. The summed E-state index contributed by atoms with van der Waals surface area (Å²) in [7, 11) is 0. The SMILES string of the molecule is CC/C=C\C/C=C\C/C=C\C/C=C\C/C=C\C/C=C\CCCCCCCCCCCCC(=O)OC(CO)COC(=O)CCCCCCCCCCCCCCC/C=C\C/C=C\C/C=C\C/C=C\C/C=C\CC. The van der Waals surface area contributed by atoms with Crippen molar-refractivity contribution < 1.29 is 24.2 Å². The van der Waals surface area contributed by atoms with Crippen molar-refractivity contribution in [2.45, 2.75) is 264 Å². The van der Waals surface area contributed by atoms with Gasteiger partial charge in [-0.2, -0.15) is 0 Å². The summed E-state index contributed by atoms with van der Waals surface area (Å²) in [6.07, 6.45) is 91.4. The highest BCUT2D eigenvalue weighted by molar-refractivity contribution is 5.70. The molecule has 5 heteroatoms. The van der Waals surface area contributed by atoms with Gasteiger partial charge in [-0.25, -0.2) is 0 Å². The maximum atomic E-state index is 12.3. The Hall–Kier alpha value is -3.96. The van der Waals surface area contributed by atoms with E-state index in [4.69, 9.17) is 9.47 Å². The van der Waals surface area contributed by atoms with E-state index >= 15 is 0 Å². The average molecular weight is 996 g/mol. The van der Waals surface area contributed by atoms with Gasteiger partial charge in [-0.05, 0) is 109 Å². The van der Waals surface area contributed by atoms with Crippen molar-refractivity contribution in [3.8, 4) is 0 Å². The van der Waals surface area contributed by atoms with Crippen LogP contribution in [0.15, 0.2) is 134 Å². The molecule has 0 aromatic heterocycles. The Kier molecular flexibility index (Phi) is 58.0. The fraction of sp³-hybridized carbons (Fsp3) is 0.642. The maximum Gasteiger partial charge on any atom is 0.306 e. The number of aliphatic hydroxyl groups is 1. The van der Waals surface area contributed by atoms with Gasteiger partial charge in [0.2, 0.25) is 0 Å². The minimum absolute atomic E-state index is 0.0747. The number of ether oxygens (including phenoxy) is 2. The molecule has 1 atom stereocenters. The first kappa shape index (κ1) is 68.0. The van der Waals surface area contributed by atoms with Crippen molar-refractivity contribution in [1.82, 2.24) is 0 Å². The molecule has 0 aliphatic heterocycles. The highest BCUT2D eigenvalue weighted by atomic mass is 16.6. The second-order valence-corrected chi connectivity index (χ2v) is 19.3. The van der Waals surface area contributed by atoms with Crippen LogP contribution in [0.3, 0.4) is 0 Å². The molecule has 0 saturated carbocycles. The molecule has 1 N–H and O–H groups in total. The molecule has 0 amide bonds. The summed E-state index contributed by atoms with van der Waals surface area (Å²) in [5.74, 6) is -0.600. The standard InChI is InChI=1S/C67H110O5/c1-3-5-7-9-11-13-15-17-19-21-23-25-27-29-31-33-35-37-39-41-43-45-47-49-51-53-55-57-59-61-66(69)71-64-65(63-68)72-67(70)62-60-58-56-54-52-50-48-46-44-42-40-38-36-34-32-30-28-26-24-22-20-18-16-14-12-10-8-6-4-2/h5-8,11-14,17-20,23-26,29-32,36,38,65,68H,3-4,9-10,15-16,21-22,27-28,33-35,37,39-64H2,1-2H3/b7-5-,8-6-,13-11-,14-12-,19-17-,20-18-,25-23-,26-24-,31-29-,32-30-,38-36-. The monoisotopic (exact) mass is 995 g/mol. The van der Waals surface area contributed by atoms with Gasteiger partial charge in [0.15, 0.2) is 6.10 Å². The minimum Gasteiger partial charge on any atom is -0.462 e. The number of allylic oxidation sites excluding steroid dienone is 22. The number of hydrogen-bond acceptors (Lipinski definition) is 5. The van der Waals surface area contributed by atoms with E-state index in [1.54, 1.807) is 0 Å². The van der Waals surface area contributed by atoms with Crippen LogP contribution in [0.5, 0.6) is 0 Å². The number of carbonyl (C=O) groups excluding carboxylic acids is 2. The predicted molar refractivity (Wildman–Crippen MR) is 315 cm³/mol. The summed E-state index contributed by atoms with van der Waals surface area (Å²) < 4.78 is 10.7. The van der Waals surface area contributed by atoms with Crippen LogP contribution in [0.2, 0.25) is 0 Å².